The van der Waals surface area contributed by atoms with Gasteiger partial charge in [-0.15, -0.1) is 0 Å². The maximum absolute atomic E-state index is 13.0. The van der Waals surface area contributed by atoms with Crippen LogP contribution in [0.5, 0.6) is 0 Å². The van der Waals surface area contributed by atoms with Crippen molar-refractivity contribution in [3.63, 3.8) is 0 Å². The standard InChI is InChI=1S/C71H138O17P2/c1-61(2)47-39-31-23-19-15-11-9-13-17-21-25-35-43-51-68(73)81-57-66(87-70(75)53-45-37-26-22-18-14-10-12-16-20-24-32-40-48-62(3)4)59-85-89(77,78)83-55-65(72)56-84-90(79,80)86-60-67(88-71(76)54-46-38-30-28-34-42-50-64(7)8)58-82-69(74)52-44-36-29-27-33-41-49-63(5)6/h61-67,72H,9-60H2,1-8H3,(H,77,78)(H,79,80)/t65-,66-,67-/m1/s1. The quantitative estimate of drug-likeness (QED) is 0.0222. The molecule has 0 spiro atoms. The van der Waals surface area contributed by atoms with Crippen molar-refractivity contribution in [3.8, 4) is 0 Å². The minimum absolute atomic E-state index is 0.101. The van der Waals surface area contributed by atoms with E-state index in [0.29, 0.717) is 37.5 Å². The van der Waals surface area contributed by atoms with E-state index in [-0.39, 0.29) is 25.7 Å². The maximum atomic E-state index is 13.0. The van der Waals surface area contributed by atoms with E-state index in [0.717, 1.165) is 108 Å². The van der Waals surface area contributed by atoms with E-state index in [1.54, 1.807) is 0 Å². The Kier molecular flexibility index (Phi) is 59.4. The van der Waals surface area contributed by atoms with Crippen molar-refractivity contribution in [1.82, 2.24) is 0 Å². The fourth-order valence-corrected chi connectivity index (χ4v) is 12.2. The Morgan fingerprint density at radius 1 is 0.278 bits per heavy atom. The van der Waals surface area contributed by atoms with Crippen LogP contribution >= 0.6 is 15.6 Å². The van der Waals surface area contributed by atoms with Crippen LogP contribution in [0.15, 0.2) is 0 Å². The second-order valence-electron chi connectivity index (χ2n) is 27.5. The Morgan fingerprint density at radius 2 is 0.467 bits per heavy atom. The first-order chi connectivity index (χ1) is 43.1. The Labute approximate surface area is 549 Å². The monoisotopic (exact) mass is 1320 g/mol. The second kappa shape index (κ2) is 60.7. The molecule has 0 fully saturated rings. The van der Waals surface area contributed by atoms with Gasteiger partial charge in [-0.05, 0) is 49.4 Å². The average molecular weight is 1330 g/mol. The first kappa shape index (κ1) is 88.1. The number of aliphatic hydroxyl groups is 1. The van der Waals surface area contributed by atoms with Crippen LogP contribution in [0, 0.1) is 23.7 Å². The van der Waals surface area contributed by atoms with Crippen LogP contribution in [-0.2, 0) is 65.4 Å². The fourth-order valence-electron chi connectivity index (χ4n) is 10.7. The zero-order valence-corrected chi connectivity index (χ0v) is 60.6. The van der Waals surface area contributed by atoms with Gasteiger partial charge in [0.1, 0.15) is 19.3 Å². The van der Waals surface area contributed by atoms with Gasteiger partial charge in [0, 0.05) is 25.7 Å². The second-order valence-corrected chi connectivity index (χ2v) is 30.4. The molecule has 90 heavy (non-hydrogen) atoms. The van der Waals surface area contributed by atoms with Gasteiger partial charge >= 0.3 is 39.5 Å². The third kappa shape index (κ3) is 64.8. The van der Waals surface area contributed by atoms with Crippen molar-refractivity contribution in [2.75, 3.05) is 39.6 Å². The highest BCUT2D eigenvalue weighted by molar-refractivity contribution is 7.47. The van der Waals surface area contributed by atoms with Gasteiger partial charge in [-0.2, -0.15) is 0 Å². The smallest absolute Gasteiger partial charge is 0.462 e. The van der Waals surface area contributed by atoms with Gasteiger partial charge in [-0.1, -0.05) is 299 Å². The number of hydrogen-bond donors (Lipinski definition) is 3. The van der Waals surface area contributed by atoms with Gasteiger partial charge in [0.2, 0.25) is 0 Å². The fraction of sp³-hybridized carbons (Fsp3) is 0.944. The minimum Gasteiger partial charge on any atom is -0.462 e. The molecule has 0 aliphatic heterocycles. The number of phosphoric ester groups is 2. The van der Waals surface area contributed by atoms with E-state index < -0.39 is 97.5 Å². The molecule has 0 saturated heterocycles. The summed E-state index contributed by atoms with van der Waals surface area (Å²) >= 11 is 0. The van der Waals surface area contributed by atoms with E-state index >= 15 is 0 Å². The third-order valence-electron chi connectivity index (χ3n) is 16.3. The summed E-state index contributed by atoms with van der Waals surface area (Å²) in [6.45, 7) is 14.0. The van der Waals surface area contributed by atoms with Crippen molar-refractivity contribution in [3.05, 3.63) is 0 Å². The van der Waals surface area contributed by atoms with Crippen molar-refractivity contribution >= 4 is 39.5 Å². The molecule has 19 heteroatoms. The number of carbonyl (C=O) groups is 4. The average Bonchev–Trinajstić information content (AvgIpc) is 3.65. The van der Waals surface area contributed by atoms with Crippen LogP contribution in [0.4, 0.5) is 0 Å². The molecule has 0 aromatic heterocycles. The zero-order valence-electron chi connectivity index (χ0n) is 58.8. The third-order valence-corrected chi connectivity index (χ3v) is 18.2. The molecule has 0 rings (SSSR count). The molecule has 0 radical (unpaired) electrons. The van der Waals surface area contributed by atoms with Crippen LogP contribution in [0.3, 0.4) is 0 Å². The van der Waals surface area contributed by atoms with E-state index in [4.69, 9.17) is 37.0 Å². The predicted molar refractivity (Wildman–Crippen MR) is 363 cm³/mol. The number of esters is 4. The lowest BCUT2D eigenvalue weighted by atomic mass is 10.0. The van der Waals surface area contributed by atoms with Crippen LogP contribution < -0.4 is 0 Å². The highest BCUT2D eigenvalue weighted by Gasteiger charge is 2.30. The number of phosphoric acid groups is 2. The number of hydrogen-bond acceptors (Lipinski definition) is 15. The van der Waals surface area contributed by atoms with Crippen molar-refractivity contribution in [2.24, 2.45) is 23.7 Å². The van der Waals surface area contributed by atoms with E-state index in [1.807, 2.05) is 0 Å². The summed E-state index contributed by atoms with van der Waals surface area (Å²) in [4.78, 5) is 72.5. The molecule has 0 aromatic rings. The molecule has 0 saturated carbocycles. The molecule has 534 valence electrons. The lowest BCUT2D eigenvalue weighted by Gasteiger charge is -2.21. The number of aliphatic hydroxyl groups excluding tert-OH is 1. The molecule has 0 amide bonds. The molecule has 0 heterocycles. The number of ether oxygens (including phenoxy) is 4. The summed E-state index contributed by atoms with van der Waals surface area (Å²) in [6, 6.07) is 0. The van der Waals surface area contributed by atoms with Gasteiger partial charge in [0.25, 0.3) is 0 Å². The summed E-state index contributed by atoms with van der Waals surface area (Å²) in [5.74, 6) is 0.793. The Balaban J connectivity index is 5.22. The van der Waals surface area contributed by atoms with Gasteiger partial charge in [-0.3, -0.25) is 37.3 Å². The predicted octanol–water partition coefficient (Wildman–Crippen LogP) is 20.1. The summed E-state index contributed by atoms with van der Waals surface area (Å²) in [5, 5.41) is 10.6. The molecule has 17 nitrogen and oxygen atoms in total. The number of rotatable bonds is 68. The lowest BCUT2D eigenvalue weighted by Crippen LogP contribution is -2.30. The van der Waals surface area contributed by atoms with E-state index in [1.165, 1.54) is 148 Å². The first-order valence-corrected chi connectivity index (χ1v) is 39.7. The normalized spacial score (nSPS) is 14.3. The van der Waals surface area contributed by atoms with Gasteiger partial charge in [0.05, 0.1) is 26.4 Å². The van der Waals surface area contributed by atoms with Crippen LogP contribution in [0.2, 0.25) is 0 Å². The number of carbonyl (C=O) groups excluding carboxylic acids is 4. The molecule has 0 aliphatic carbocycles. The van der Waals surface area contributed by atoms with Crippen LogP contribution in [-0.4, -0.2) is 96.7 Å². The molecule has 3 N–H and O–H groups in total. The SMILES string of the molecule is CC(C)CCCCCCCCCCCCCCCC(=O)OC[C@H](COP(=O)(O)OC[C@@H](O)COP(=O)(O)OC[C@@H](COC(=O)CCCCCCCCC(C)C)OC(=O)CCCCCCCCC(C)C)OC(=O)CCCCCCCCCCCCCCCC(C)C. The topological polar surface area (TPSA) is 237 Å². The van der Waals surface area contributed by atoms with E-state index in [2.05, 4.69) is 55.4 Å². The molecule has 2 unspecified atom stereocenters. The summed E-state index contributed by atoms with van der Waals surface area (Å²) in [6.07, 6.45) is 43.4. The largest absolute Gasteiger partial charge is 0.472 e. The van der Waals surface area contributed by atoms with Crippen molar-refractivity contribution < 1.29 is 80.2 Å². The molecular weight excluding hydrogens is 1190 g/mol. The summed E-state index contributed by atoms with van der Waals surface area (Å²) in [7, 11) is -9.90. The van der Waals surface area contributed by atoms with Crippen molar-refractivity contribution in [2.45, 2.75) is 369 Å². The Hall–Kier alpha value is -1.94. The highest BCUT2D eigenvalue weighted by atomic mass is 31.2. The molecule has 5 atom stereocenters. The first-order valence-electron chi connectivity index (χ1n) is 36.7. The van der Waals surface area contributed by atoms with Crippen molar-refractivity contribution in [1.29, 1.82) is 0 Å². The van der Waals surface area contributed by atoms with Crippen LogP contribution in [0.25, 0.3) is 0 Å². The molecule has 0 aliphatic rings. The molecular formula is C71H138O17P2. The Morgan fingerprint density at radius 3 is 0.689 bits per heavy atom. The maximum Gasteiger partial charge on any atom is 0.472 e. The molecule has 0 bridgehead atoms. The number of unbranched alkanes of at least 4 members (excludes halogenated alkanes) is 34. The highest BCUT2D eigenvalue weighted by Crippen LogP contribution is 2.45. The van der Waals surface area contributed by atoms with E-state index in [9.17, 15) is 43.2 Å². The van der Waals surface area contributed by atoms with Gasteiger partial charge < -0.3 is 33.8 Å². The summed E-state index contributed by atoms with van der Waals surface area (Å²) in [5.41, 5.74) is 0. The van der Waals surface area contributed by atoms with Gasteiger partial charge in [-0.25, -0.2) is 9.13 Å². The zero-order chi connectivity index (χ0) is 66.8. The van der Waals surface area contributed by atoms with Gasteiger partial charge in [0.15, 0.2) is 12.2 Å². The summed E-state index contributed by atoms with van der Waals surface area (Å²) < 4.78 is 68.2. The minimum atomic E-state index is -4.95. The Bertz CT molecular complexity index is 1780. The van der Waals surface area contributed by atoms with Crippen LogP contribution in [0.1, 0.15) is 351 Å². The lowest BCUT2D eigenvalue weighted by molar-refractivity contribution is -0.161. The molecule has 0 aromatic carbocycles.